The lowest BCUT2D eigenvalue weighted by Crippen LogP contribution is -2.25. The highest BCUT2D eigenvalue weighted by atomic mass is 16.6. The van der Waals surface area contributed by atoms with E-state index < -0.39 is 6.10 Å². The van der Waals surface area contributed by atoms with E-state index in [1.165, 1.54) is 57.8 Å². The van der Waals surface area contributed by atoms with Crippen LogP contribution in [0.15, 0.2) is 0 Å². The van der Waals surface area contributed by atoms with Crippen LogP contribution in [-0.2, 0) is 9.53 Å². The topological polar surface area (TPSA) is 66.8 Å². The number of aliphatic hydroxyl groups is 2. The maximum absolute atomic E-state index is 11.4. The summed E-state index contributed by atoms with van der Waals surface area (Å²) in [6.07, 6.45) is 13.4. The van der Waals surface area contributed by atoms with Crippen LogP contribution in [0.1, 0.15) is 90.9 Å². The standard InChI is InChI=1S/C19H38O4/c1-17(2)13-11-9-7-5-3-4-6-8-10-12-14-19(22)23-18(15-20)16-21/h17-18,20-21H,3-16H2,1-2H3. The van der Waals surface area contributed by atoms with E-state index in [2.05, 4.69) is 13.8 Å². The molecule has 23 heavy (non-hydrogen) atoms. The summed E-state index contributed by atoms with van der Waals surface area (Å²) in [5.41, 5.74) is 0. The third kappa shape index (κ3) is 16.0. The van der Waals surface area contributed by atoms with Crippen LogP contribution in [-0.4, -0.2) is 35.5 Å². The Balaban J connectivity index is 3.23. The Hall–Kier alpha value is -0.610. The van der Waals surface area contributed by atoms with Crippen LogP contribution in [0.2, 0.25) is 0 Å². The molecule has 0 heterocycles. The van der Waals surface area contributed by atoms with Crippen molar-refractivity contribution in [3.8, 4) is 0 Å². The Bertz CT molecular complexity index is 262. The minimum absolute atomic E-state index is 0.320. The van der Waals surface area contributed by atoms with Crippen molar-refractivity contribution in [1.29, 1.82) is 0 Å². The van der Waals surface area contributed by atoms with Crippen LogP contribution in [0.3, 0.4) is 0 Å². The van der Waals surface area contributed by atoms with Gasteiger partial charge in [-0.2, -0.15) is 0 Å². The second kappa shape index (κ2) is 16.3. The molecule has 138 valence electrons. The molecule has 0 aromatic heterocycles. The van der Waals surface area contributed by atoms with Gasteiger partial charge in [-0.05, 0) is 12.3 Å². The molecular weight excluding hydrogens is 292 g/mol. The zero-order valence-corrected chi connectivity index (χ0v) is 15.3. The molecule has 0 atom stereocenters. The third-order valence-corrected chi connectivity index (χ3v) is 4.12. The van der Waals surface area contributed by atoms with Crippen molar-refractivity contribution in [3.63, 3.8) is 0 Å². The Kier molecular flexibility index (Phi) is 15.8. The number of rotatable bonds is 16. The molecule has 0 saturated carbocycles. The maximum atomic E-state index is 11.4. The first-order chi connectivity index (χ1) is 11.1. The number of hydrogen-bond donors (Lipinski definition) is 2. The molecule has 0 aliphatic heterocycles. The number of esters is 1. The van der Waals surface area contributed by atoms with Gasteiger partial charge in [-0.1, -0.05) is 78.1 Å². The van der Waals surface area contributed by atoms with E-state index >= 15 is 0 Å². The summed E-state index contributed by atoms with van der Waals surface area (Å²) in [6, 6.07) is 0. The summed E-state index contributed by atoms with van der Waals surface area (Å²) in [7, 11) is 0. The van der Waals surface area contributed by atoms with E-state index in [1.807, 2.05) is 0 Å². The number of carbonyl (C=O) groups is 1. The molecule has 4 heteroatoms. The number of unbranched alkanes of at least 4 members (excludes halogenated alkanes) is 9. The number of carbonyl (C=O) groups excluding carboxylic acids is 1. The van der Waals surface area contributed by atoms with Crippen LogP contribution < -0.4 is 0 Å². The second-order valence-corrected chi connectivity index (χ2v) is 6.95. The minimum Gasteiger partial charge on any atom is -0.457 e. The van der Waals surface area contributed by atoms with Gasteiger partial charge in [0.1, 0.15) is 6.10 Å². The van der Waals surface area contributed by atoms with Crippen LogP contribution in [0.4, 0.5) is 0 Å². The molecule has 0 fully saturated rings. The molecule has 0 bridgehead atoms. The molecule has 0 spiro atoms. The summed E-state index contributed by atoms with van der Waals surface area (Å²) in [5, 5.41) is 17.6. The normalized spacial score (nSPS) is 11.4. The highest BCUT2D eigenvalue weighted by Gasteiger charge is 2.11. The quantitative estimate of drug-likeness (QED) is 0.328. The van der Waals surface area contributed by atoms with E-state index in [-0.39, 0.29) is 19.2 Å². The fourth-order valence-electron chi connectivity index (χ4n) is 2.61. The van der Waals surface area contributed by atoms with Gasteiger partial charge in [0.2, 0.25) is 0 Å². The molecular formula is C19H38O4. The van der Waals surface area contributed by atoms with Gasteiger partial charge in [-0.25, -0.2) is 0 Å². The van der Waals surface area contributed by atoms with Crippen LogP contribution >= 0.6 is 0 Å². The molecule has 2 N–H and O–H groups in total. The Morgan fingerprint density at radius 1 is 0.783 bits per heavy atom. The van der Waals surface area contributed by atoms with Crippen molar-refractivity contribution in [2.24, 2.45) is 5.92 Å². The summed E-state index contributed by atoms with van der Waals surface area (Å²) >= 11 is 0. The van der Waals surface area contributed by atoms with Crippen LogP contribution in [0, 0.1) is 5.92 Å². The van der Waals surface area contributed by atoms with E-state index in [9.17, 15) is 4.79 Å². The summed E-state index contributed by atoms with van der Waals surface area (Å²) in [4.78, 5) is 11.4. The molecule has 4 nitrogen and oxygen atoms in total. The lowest BCUT2D eigenvalue weighted by atomic mass is 10.0. The van der Waals surface area contributed by atoms with Crippen molar-refractivity contribution in [3.05, 3.63) is 0 Å². The zero-order chi connectivity index (χ0) is 17.3. The third-order valence-electron chi connectivity index (χ3n) is 4.12. The largest absolute Gasteiger partial charge is 0.457 e. The van der Waals surface area contributed by atoms with E-state index in [0.717, 1.165) is 18.8 Å². The van der Waals surface area contributed by atoms with E-state index in [4.69, 9.17) is 14.9 Å². The summed E-state index contributed by atoms with van der Waals surface area (Å²) in [5.74, 6) is 0.518. The summed E-state index contributed by atoms with van der Waals surface area (Å²) < 4.78 is 4.92. The SMILES string of the molecule is CC(C)CCCCCCCCCCCCC(=O)OC(CO)CO. The van der Waals surface area contributed by atoms with Crippen molar-refractivity contribution in [2.75, 3.05) is 13.2 Å². The van der Waals surface area contributed by atoms with Gasteiger partial charge < -0.3 is 14.9 Å². The fourth-order valence-corrected chi connectivity index (χ4v) is 2.61. The Morgan fingerprint density at radius 3 is 1.65 bits per heavy atom. The van der Waals surface area contributed by atoms with Gasteiger partial charge >= 0.3 is 5.97 Å². The lowest BCUT2D eigenvalue weighted by Gasteiger charge is -2.12. The summed E-state index contributed by atoms with van der Waals surface area (Å²) in [6.45, 7) is 3.94. The van der Waals surface area contributed by atoms with Crippen molar-refractivity contribution >= 4 is 5.97 Å². The first-order valence-corrected chi connectivity index (χ1v) is 9.51. The number of hydrogen-bond acceptors (Lipinski definition) is 4. The van der Waals surface area contributed by atoms with Gasteiger partial charge in [-0.3, -0.25) is 4.79 Å². The predicted octanol–water partition coefficient (Wildman–Crippen LogP) is 4.22. The Morgan fingerprint density at radius 2 is 1.22 bits per heavy atom. The average Bonchev–Trinajstić information content (AvgIpc) is 2.53. The molecule has 0 saturated heterocycles. The lowest BCUT2D eigenvalue weighted by molar-refractivity contribution is -0.153. The molecule has 0 amide bonds. The van der Waals surface area contributed by atoms with Crippen molar-refractivity contribution in [1.82, 2.24) is 0 Å². The first-order valence-electron chi connectivity index (χ1n) is 9.51. The first kappa shape index (κ1) is 22.4. The zero-order valence-electron chi connectivity index (χ0n) is 15.3. The molecule has 0 rings (SSSR count). The van der Waals surface area contributed by atoms with Gasteiger partial charge in [0, 0.05) is 6.42 Å². The maximum Gasteiger partial charge on any atom is 0.306 e. The number of ether oxygens (including phenoxy) is 1. The molecule has 0 aliphatic carbocycles. The molecule has 0 aliphatic rings. The monoisotopic (exact) mass is 330 g/mol. The van der Waals surface area contributed by atoms with Gasteiger partial charge in [0.05, 0.1) is 13.2 Å². The highest BCUT2D eigenvalue weighted by molar-refractivity contribution is 5.69. The van der Waals surface area contributed by atoms with Gasteiger partial charge in [0.25, 0.3) is 0 Å². The smallest absolute Gasteiger partial charge is 0.306 e. The molecule has 0 unspecified atom stereocenters. The van der Waals surface area contributed by atoms with Crippen molar-refractivity contribution in [2.45, 2.75) is 97.0 Å². The second-order valence-electron chi connectivity index (χ2n) is 6.95. The van der Waals surface area contributed by atoms with Gasteiger partial charge in [-0.15, -0.1) is 0 Å². The van der Waals surface area contributed by atoms with E-state index in [1.54, 1.807) is 0 Å². The predicted molar refractivity (Wildman–Crippen MR) is 94.3 cm³/mol. The highest BCUT2D eigenvalue weighted by Crippen LogP contribution is 2.14. The van der Waals surface area contributed by atoms with E-state index in [0.29, 0.717) is 6.42 Å². The van der Waals surface area contributed by atoms with Crippen LogP contribution in [0.5, 0.6) is 0 Å². The average molecular weight is 331 g/mol. The van der Waals surface area contributed by atoms with Crippen molar-refractivity contribution < 1.29 is 19.7 Å². The Labute approximate surface area is 142 Å². The van der Waals surface area contributed by atoms with Gasteiger partial charge in [0.15, 0.2) is 0 Å². The molecule has 0 radical (unpaired) electrons. The molecule has 0 aromatic rings. The minimum atomic E-state index is -0.761. The fraction of sp³-hybridized carbons (Fsp3) is 0.947. The van der Waals surface area contributed by atoms with Crippen LogP contribution in [0.25, 0.3) is 0 Å². The molecule has 0 aromatic carbocycles. The number of aliphatic hydroxyl groups excluding tert-OH is 2.